The van der Waals surface area contributed by atoms with Gasteiger partial charge < -0.3 is 8.62 Å². The fourth-order valence-corrected chi connectivity index (χ4v) is 1.06. The third-order valence-corrected chi connectivity index (χ3v) is 2.65. The van der Waals surface area contributed by atoms with Crippen LogP contribution in [-0.4, -0.2) is 46.7 Å². The van der Waals surface area contributed by atoms with E-state index in [1.807, 2.05) is 6.92 Å². The monoisotopic (exact) mass is 159 g/mol. The molecule has 0 aromatic rings. The zero-order valence-corrected chi connectivity index (χ0v) is 9.39. The molecule has 0 saturated heterocycles. The van der Waals surface area contributed by atoms with Gasteiger partial charge in [-0.1, -0.05) is 6.92 Å². The van der Waals surface area contributed by atoms with E-state index in [2.05, 4.69) is 10.8 Å². The van der Waals surface area contributed by atoms with Crippen LogP contribution >= 0.6 is 0 Å². The zero-order valence-electron chi connectivity index (χ0n) is 7.39. The Hall–Kier alpha value is 0.452. The molecular weight excluding hydrogens is 141 g/mol. The van der Waals surface area contributed by atoms with Gasteiger partial charge in [0.2, 0.25) is 0 Å². The molecule has 0 fully saturated rings. The average Bonchev–Trinajstić information content (AvgIpc) is 1.98. The Morgan fingerprint density at radius 2 is 2.10 bits per heavy atom. The van der Waals surface area contributed by atoms with Gasteiger partial charge in [0.25, 0.3) is 0 Å². The van der Waals surface area contributed by atoms with Crippen LogP contribution in [0, 0.1) is 0 Å². The summed E-state index contributed by atoms with van der Waals surface area (Å²) in [7, 11) is 0. The minimum Gasteiger partial charge on any atom is -0.391 e. The number of rotatable bonds is 6. The molecule has 0 spiro atoms. The number of hydrogen-bond donors (Lipinski definition) is 0. The summed E-state index contributed by atoms with van der Waals surface area (Å²) in [5.74, 6) is 0. The van der Waals surface area contributed by atoms with Crippen LogP contribution in [0.15, 0.2) is 0 Å². The first-order chi connectivity index (χ1) is 4.81. The van der Waals surface area contributed by atoms with Crippen molar-refractivity contribution < 1.29 is 4.74 Å². The van der Waals surface area contributed by atoms with Gasteiger partial charge in [-0.3, -0.25) is 0 Å². The largest absolute Gasteiger partial charge is 0.391 e. The Labute approximate surface area is 72.2 Å². The van der Waals surface area contributed by atoms with Crippen LogP contribution in [0.4, 0.5) is 0 Å². The topological polar surface area (TPSA) is 12.5 Å². The lowest BCUT2D eigenvalue weighted by Crippen LogP contribution is -2.21. The summed E-state index contributed by atoms with van der Waals surface area (Å²) in [6.45, 7) is 8.43. The van der Waals surface area contributed by atoms with Crippen molar-refractivity contribution in [3.8, 4) is 0 Å². The van der Waals surface area contributed by atoms with Crippen LogP contribution in [-0.2, 0) is 4.74 Å². The fraction of sp³-hybridized carbons (Fsp3) is 1.00. The molecule has 0 unspecified atom stereocenters. The molecule has 0 aromatic carbocycles. The maximum absolute atomic E-state index is 5.22. The maximum atomic E-state index is 5.22. The Morgan fingerprint density at radius 3 is 2.60 bits per heavy atom. The van der Waals surface area contributed by atoms with Crippen LogP contribution < -0.4 is 0 Å². The van der Waals surface area contributed by atoms with E-state index >= 15 is 0 Å². The van der Waals surface area contributed by atoms with Crippen LogP contribution in [0.2, 0.25) is 0 Å². The molecule has 0 rings (SSSR count). The van der Waals surface area contributed by atoms with Crippen molar-refractivity contribution >= 4 is 16.5 Å². The van der Waals surface area contributed by atoms with Crippen LogP contribution in [0.1, 0.15) is 20.3 Å². The summed E-state index contributed by atoms with van der Waals surface area (Å²) in [4.78, 5) is 0. The first kappa shape index (κ1) is 10.5. The highest BCUT2D eigenvalue weighted by Crippen LogP contribution is 1.86. The lowest BCUT2D eigenvalue weighted by molar-refractivity contribution is 0.140. The second kappa shape index (κ2) is 7.56. The van der Waals surface area contributed by atoms with Crippen molar-refractivity contribution in [3.63, 3.8) is 0 Å². The Kier molecular flexibility index (Phi) is 7.90. The highest BCUT2D eigenvalue weighted by molar-refractivity contribution is 6.04. The molecule has 2 nitrogen and oxygen atoms in total. The lowest BCUT2D eigenvalue weighted by atomic mass is 10.4. The Balaban J connectivity index is 2.89. The summed E-state index contributed by atoms with van der Waals surface area (Å²) in [6, 6.07) is 0. The molecule has 0 amide bonds. The van der Waals surface area contributed by atoms with Gasteiger partial charge in [0.15, 0.2) is 0 Å². The first-order valence-electron chi connectivity index (χ1n) is 4.07. The summed E-state index contributed by atoms with van der Waals surface area (Å²) < 4.78 is 7.65. The van der Waals surface area contributed by atoms with Gasteiger partial charge >= 0.3 is 16.5 Å². The Bertz CT molecular complexity index is 70.6. The molecular formula is C7H18AlNO. The zero-order chi connectivity index (χ0) is 7.82. The van der Waals surface area contributed by atoms with Gasteiger partial charge in [0.1, 0.15) is 0 Å². The second-order valence-corrected chi connectivity index (χ2v) is 3.71. The van der Waals surface area contributed by atoms with Crippen molar-refractivity contribution in [1.82, 2.24) is 3.88 Å². The molecule has 0 heterocycles. The predicted molar refractivity (Wildman–Crippen MR) is 46.9 cm³/mol. The van der Waals surface area contributed by atoms with Gasteiger partial charge in [-0.2, -0.15) is 0 Å². The van der Waals surface area contributed by atoms with E-state index in [1.54, 1.807) is 0 Å². The fourth-order valence-electron chi connectivity index (χ4n) is 0.739. The molecule has 0 bridgehead atoms. The molecule has 0 aliphatic rings. The van der Waals surface area contributed by atoms with E-state index in [0.29, 0.717) is 0 Å². The van der Waals surface area contributed by atoms with Crippen molar-refractivity contribution in [1.29, 1.82) is 0 Å². The molecule has 0 atom stereocenters. The minimum atomic E-state index is 0.854. The van der Waals surface area contributed by atoms with Gasteiger partial charge in [-0.05, 0) is 26.4 Å². The van der Waals surface area contributed by atoms with Crippen molar-refractivity contribution in [3.05, 3.63) is 0 Å². The van der Waals surface area contributed by atoms with E-state index < -0.39 is 0 Å². The smallest absolute Gasteiger partial charge is 0.321 e. The predicted octanol–water partition coefficient (Wildman–Crippen LogP) is 0.283. The molecule has 0 aliphatic heterocycles. The normalized spacial score (nSPS) is 10.7. The highest BCUT2D eigenvalue weighted by atomic mass is 27.1. The third kappa shape index (κ3) is 6.57. The van der Waals surface area contributed by atoms with Gasteiger partial charge in [0, 0.05) is 13.2 Å². The Morgan fingerprint density at radius 1 is 1.40 bits per heavy atom. The molecule has 10 heavy (non-hydrogen) atoms. The average molecular weight is 159 g/mol. The second-order valence-electron chi connectivity index (χ2n) is 2.45. The van der Waals surface area contributed by atoms with E-state index in [9.17, 15) is 0 Å². The van der Waals surface area contributed by atoms with Crippen molar-refractivity contribution in [2.75, 3.05) is 26.3 Å². The minimum absolute atomic E-state index is 0.854. The first-order valence-corrected chi connectivity index (χ1v) is 4.97. The molecule has 0 saturated carbocycles. The van der Waals surface area contributed by atoms with Crippen LogP contribution in [0.3, 0.4) is 0 Å². The molecule has 0 aromatic heterocycles. The lowest BCUT2D eigenvalue weighted by Gasteiger charge is -2.13. The number of hydrogen-bond acceptors (Lipinski definition) is 2. The van der Waals surface area contributed by atoms with Crippen LogP contribution in [0.5, 0.6) is 0 Å². The van der Waals surface area contributed by atoms with E-state index in [-0.39, 0.29) is 0 Å². The molecule has 0 radical (unpaired) electrons. The summed E-state index contributed by atoms with van der Waals surface area (Å²) in [5.41, 5.74) is 0. The standard InChI is InChI=1S/C7H16NO.Al.2H/c1-3-8-6-5-7-9-4-2;;;/h3-7H2,1-2H3;;;/q-1;+1;;. The van der Waals surface area contributed by atoms with Gasteiger partial charge in [0.05, 0.1) is 0 Å². The van der Waals surface area contributed by atoms with E-state index in [4.69, 9.17) is 4.74 Å². The van der Waals surface area contributed by atoms with Crippen molar-refractivity contribution in [2.24, 2.45) is 0 Å². The quantitative estimate of drug-likeness (QED) is 0.408. The third-order valence-electron chi connectivity index (χ3n) is 1.57. The van der Waals surface area contributed by atoms with E-state index in [0.717, 1.165) is 13.2 Å². The number of ether oxygens (including phenoxy) is 1. The number of nitrogens with zero attached hydrogens (tertiary/aromatic N) is 1. The molecule has 3 heteroatoms. The molecule has 0 N–H and O–H groups in total. The molecule has 0 aliphatic carbocycles. The molecule has 60 valence electrons. The summed E-state index contributed by atoms with van der Waals surface area (Å²) >= 11 is 1.19. The summed E-state index contributed by atoms with van der Waals surface area (Å²) in [6.07, 6.45) is 1.19. The van der Waals surface area contributed by atoms with Crippen LogP contribution in [0.25, 0.3) is 0 Å². The summed E-state index contributed by atoms with van der Waals surface area (Å²) in [5, 5.41) is 0. The van der Waals surface area contributed by atoms with E-state index in [1.165, 1.54) is 36.0 Å². The van der Waals surface area contributed by atoms with Crippen molar-refractivity contribution in [2.45, 2.75) is 20.3 Å². The highest BCUT2D eigenvalue weighted by Gasteiger charge is 1.92. The SMILES string of the molecule is CCOCCC[N]([AlH2])CC. The maximum Gasteiger partial charge on any atom is 0.321 e. The van der Waals surface area contributed by atoms with Gasteiger partial charge in [-0.25, -0.2) is 0 Å². The van der Waals surface area contributed by atoms with Gasteiger partial charge in [-0.15, -0.1) is 0 Å².